The first-order valence-electron chi connectivity index (χ1n) is 44.1. The average Bonchev–Trinajstić information content (AvgIpc) is 1.58. The van der Waals surface area contributed by atoms with Gasteiger partial charge in [-0.3, -0.25) is 24.0 Å². The van der Waals surface area contributed by atoms with Gasteiger partial charge in [0.15, 0.2) is 17.0 Å². The zero-order valence-corrected chi connectivity index (χ0v) is 74.7. The van der Waals surface area contributed by atoms with Gasteiger partial charge >= 0.3 is 12.1 Å². The lowest BCUT2D eigenvalue weighted by Gasteiger charge is -2.42. The van der Waals surface area contributed by atoms with E-state index in [9.17, 15) is 48.9 Å². The van der Waals surface area contributed by atoms with E-state index in [0.717, 1.165) is 17.6 Å². The predicted molar refractivity (Wildman–Crippen MR) is 466 cm³/mol. The third kappa shape index (κ3) is 30.8. The number of aromatic nitrogens is 8. The molecule has 2 bridgehead atoms. The number of piperidine rings is 1. The van der Waals surface area contributed by atoms with Crippen molar-refractivity contribution in [3.05, 3.63) is 84.0 Å². The Bertz CT molecular complexity index is 4490. The number of aliphatic hydroxyl groups excluding tert-OH is 2. The topological polar surface area (TPSA) is 521 Å². The number of anilines is 2. The van der Waals surface area contributed by atoms with Crippen molar-refractivity contribution < 1.29 is 110 Å². The van der Waals surface area contributed by atoms with Crippen LogP contribution in [-0.4, -0.2) is 288 Å². The van der Waals surface area contributed by atoms with Gasteiger partial charge in [0.25, 0.3) is 17.7 Å². The molecular weight excluding hydrogens is 1650 g/mol. The number of alkyl carbamates (subject to hydrolysis) is 1. The molecule has 39 heteroatoms. The summed E-state index contributed by atoms with van der Waals surface area (Å²) in [5.74, 6) is -8.27. The fourth-order valence-corrected chi connectivity index (χ4v) is 16.1. The molecule has 127 heavy (non-hydrogen) atoms. The standard InChI is InChI=1S/C88H132N16O23/c1-55-17-11-10-12-18-56(2)71(115-7)50-64-23-20-60(6)88(114,127-64)81(110)84(111)102-31-15-13-19-69(102)85(112)125-72(51-66(100-117-9)57(3)46-59(5)79(108)80(109)78(107)58(4)45-55)65(89)47-61-21-24-68(73(48-61)116-8)104-52-63(98-101-104)53-124-87(113)94-30-36-121-40-44-123-42-38-119-34-27-75(106)93-29-35-120-39-43-122-41-37-118-33-26-74(105)92-28-14-16-32-103-83-76(82(90)95-54-96-83)77(99-103)62-22-25-70-67(49-62)97-86(91)126-70/h10-12,17-18,22,25,46,49,52,54-55,57-58,60-61,64-65,68-69,71-73,79-80,108-109,114H,13-16,19-21,23-24,26-45,47-48,50-51,53,89H2,1-9H3,(H2,91,97)(H,92,105)(H,93,106)(H,94,113)(H2,90,95,96)/b12-10+,17-11+,56-18+,59-46+,100-66-/t55-,57-,58-,60-,61+,64+,65-,68+,69+,71+,72+,73-,79-,80+,88-/m1/s1. The fraction of sp³-hybridized carbons (Fsp3) is 0.659. The Morgan fingerprint density at radius 3 is 2.13 bits per heavy atom. The van der Waals surface area contributed by atoms with Crippen molar-refractivity contribution in [3.8, 4) is 11.3 Å². The number of fused-ring (bicyclic) bond motifs is 5. The molecule has 15 atom stereocenters. The first-order chi connectivity index (χ1) is 61.2. The molecule has 1 aromatic carbocycles. The molecule has 12 N–H and O–H groups in total. The highest BCUT2D eigenvalue weighted by Gasteiger charge is 2.53. The number of nitrogens with two attached hydrogens (primary N) is 3. The number of ether oxygens (including phenoxy) is 11. The molecule has 5 aromatic rings. The molecule has 1 saturated carbocycles. The molecule has 4 aromatic heterocycles. The molecule has 7 heterocycles. The second kappa shape index (κ2) is 52.1. The minimum atomic E-state index is -2.50. The van der Waals surface area contributed by atoms with Gasteiger partial charge in [-0.1, -0.05) is 74.5 Å². The minimum Gasteiger partial charge on any atom is -0.459 e. The van der Waals surface area contributed by atoms with Gasteiger partial charge in [-0.2, -0.15) is 10.1 Å². The Hall–Kier alpha value is -9.62. The molecule has 4 amide bonds. The second-order valence-corrected chi connectivity index (χ2v) is 32.9. The Morgan fingerprint density at radius 2 is 1.43 bits per heavy atom. The van der Waals surface area contributed by atoms with E-state index in [1.165, 1.54) is 18.3 Å². The van der Waals surface area contributed by atoms with Gasteiger partial charge in [-0.15, -0.1) is 5.10 Å². The van der Waals surface area contributed by atoms with Crippen LogP contribution in [-0.2, 0) is 98.9 Å². The molecule has 3 aliphatic heterocycles. The number of unbranched alkanes of at least 4 members (excludes halogenated alkanes) is 1. The molecule has 39 nitrogen and oxygen atoms in total. The number of benzene rings is 1. The van der Waals surface area contributed by atoms with E-state index in [-0.39, 0.29) is 145 Å². The van der Waals surface area contributed by atoms with Gasteiger partial charge in [0.2, 0.25) is 17.6 Å². The number of hydrogen-bond donors (Lipinski definition) is 9. The number of Topliss-reactive ketones (excluding diaryl/α,β-unsaturated/α-hetero) is 2. The fourth-order valence-electron chi connectivity index (χ4n) is 16.1. The number of aryl methyl sites for hydroxylation is 1. The summed E-state index contributed by atoms with van der Waals surface area (Å²) in [7, 11) is 4.51. The Morgan fingerprint density at radius 1 is 0.748 bits per heavy atom. The summed E-state index contributed by atoms with van der Waals surface area (Å²) in [6.45, 7) is 15.4. The van der Waals surface area contributed by atoms with Gasteiger partial charge < -0.3 is 115 Å². The first kappa shape index (κ1) is 101. The van der Waals surface area contributed by atoms with Crippen molar-refractivity contribution >= 4 is 81.0 Å². The van der Waals surface area contributed by atoms with Gasteiger partial charge in [0.05, 0.1) is 121 Å². The number of nitrogen functional groups attached to an aromatic ring is 2. The van der Waals surface area contributed by atoms with Crippen LogP contribution >= 0.6 is 0 Å². The van der Waals surface area contributed by atoms with Crippen LogP contribution < -0.4 is 33.2 Å². The molecular formula is C88H132N16O23. The van der Waals surface area contributed by atoms with Crippen LogP contribution in [0.2, 0.25) is 0 Å². The van der Waals surface area contributed by atoms with Crippen molar-refractivity contribution in [2.75, 3.05) is 138 Å². The number of methoxy groups -OCH3 is 2. The van der Waals surface area contributed by atoms with E-state index in [1.54, 1.807) is 69.6 Å². The number of esters is 1. The quantitative estimate of drug-likeness (QED) is 0.00710. The number of oxazole rings is 1. The van der Waals surface area contributed by atoms with Crippen molar-refractivity contribution in [2.45, 2.75) is 218 Å². The summed E-state index contributed by atoms with van der Waals surface area (Å²) in [5.41, 5.74) is 24.2. The number of nitrogens with zero attached hydrogens (tertiary/aromatic N) is 10. The van der Waals surface area contributed by atoms with Crippen molar-refractivity contribution in [1.82, 2.24) is 60.6 Å². The van der Waals surface area contributed by atoms with Gasteiger partial charge in [0.1, 0.15) is 67.1 Å². The van der Waals surface area contributed by atoms with Crippen LogP contribution in [0.15, 0.2) is 87.9 Å². The number of ketones is 2. The molecule has 0 radical (unpaired) electrons. The molecule has 0 spiro atoms. The third-order valence-electron chi connectivity index (χ3n) is 23.3. The SMILES string of the molecule is CO/N=C1/C[C@@H]([C@H](N)C[C@@H]2CC[C@H](n3cc(COC(=O)NCCOCCOCCOCCC(=O)NCCOCCOCCOCCC(=O)NCCCCn4nc(-c5ccc6oc(N)nc6c5)c5c(N)ncnc54)nn3)[C@H](OC)C2)OC(=O)[C@@H]2CCCCN2C(=O)C(=O)[C@]2(O)O[C@@H](CC[C@H]2C)C[C@H](OC)/C(C)=C/C=C/C=C/[C@@H](C)C[C@@H](C)C(=O)[C@H](O)[C@H](O)/C(C)=C/[C@H]1C. The van der Waals surface area contributed by atoms with Gasteiger partial charge in [-0.25, -0.2) is 28.9 Å². The van der Waals surface area contributed by atoms with Crippen LogP contribution in [0.1, 0.15) is 156 Å². The second-order valence-electron chi connectivity index (χ2n) is 32.9. The number of cyclic esters (lactones) is 1. The van der Waals surface area contributed by atoms with Gasteiger partial charge in [-0.05, 0) is 132 Å². The Labute approximate surface area is 740 Å². The number of carbonyl (C=O) groups is 7. The largest absolute Gasteiger partial charge is 0.459 e. The van der Waals surface area contributed by atoms with E-state index >= 15 is 0 Å². The number of amides is 4. The van der Waals surface area contributed by atoms with Crippen LogP contribution in [0.25, 0.3) is 33.4 Å². The summed E-state index contributed by atoms with van der Waals surface area (Å²) >= 11 is 0. The molecule has 4 aliphatic rings. The van der Waals surface area contributed by atoms with Crippen molar-refractivity contribution in [3.63, 3.8) is 0 Å². The maximum absolute atomic E-state index is 14.9. The van der Waals surface area contributed by atoms with Crippen molar-refractivity contribution in [2.24, 2.45) is 40.5 Å². The Balaban J connectivity index is 0.622. The van der Waals surface area contributed by atoms with Crippen LogP contribution in [0.5, 0.6) is 0 Å². The predicted octanol–water partition coefficient (Wildman–Crippen LogP) is 6.05. The van der Waals surface area contributed by atoms with Gasteiger partial charge in [0, 0.05) is 102 Å². The maximum atomic E-state index is 14.9. The summed E-state index contributed by atoms with van der Waals surface area (Å²) in [5, 5.41) is 61.8. The smallest absolute Gasteiger partial charge is 0.407 e. The highest BCUT2D eigenvalue weighted by Crippen LogP contribution is 2.40. The number of allylic oxidation sites excluding steroid dienone is 6. The molecule has 702 valence electrons. The van der Waals surface area contributed by atoms with E-state index in [2.05, 4.69) is 46.4 Å². The zero-order chi connectivity index (χ0) is 91.4. The molecule has 1 aliphatic carbocycles. The highest BCUT2D eigenvalue weighted by atomic mass is 16.6. The van der Waals surface area contributed by atoms with Crippen LogP contribution in [0, 0.1) is 29.6 Å². The number of aliphatic hydroxyl groups is 3. The zero-order valence-electron chi connectivity index (χ0n) is 74.7. The average molecular weight is 1780 g/mol. The monoisotopic (exact) mass is 1780 g/mol. The lowest BCUT2D eigenvalue weighted by atomic mass is 9.79. The first-order valence-corrected chi connectivity index (χ1v) is 44.1. The maximum Gasteiger partial charge on any atom is 0.407 e. The van der Waals surface area contributed by atoms with E-state index in [1.807, 2.05) is 56.4 Å². The summed E-state index contributed by atoms with van der Waals surface area (Å²) < 4.78 is 72.3. The number of hydrogen-bond acceptors (Lipinski definition) is 33. The normalized spacial score (nSPS) is 26.7. The minimum absolute atomic E-state index is 0.0225. The van der Waals surface area contributed by atoms with Crippen molar-refractivity contribution in [1.29, 1.82) is 0 Å². The Kier molecular flexibility index (Phi) is 41.5. The molecule has 3 fully saturated rings. The summed E-state index contributed by atoms with van der Waals surface area (Å²) in [6, 6.07) is 3.16. The van der Waals surface area contributed by atoms with E-state index in [4.69, 9.17) is 83.7 Å². The lowest BCUT2D eigenvalue weighted by Crippen LogP contribution is -2.61. The number of oxime groups is 1. The third-order valence-corrected chi connectivity index (χ3v) is 23.3. The number of rotatable bonds is 39. The van der Waals surface area contributed by atoms with Crippen LogP contribution in [0.3, 0.4) is 0 Å². The number of nitrogens with one attached hydrogen (secondary N) is 3. The molecule has 0 unspecified atom stereocenters. The number of carbonyl (C=O) groups excluding carboxylic acids is 7. The highest BCUT2D eigenvalue weighted by molar-refractivity contribution is 6.39. The summed E-state index contributed by atoms with van der Waals surface area (Å²) in [4.78, 5) is 115. The lowest BCUT2D eigenvalue weighted by molar-refractivity contribution is -0.265. The summed E-state index contributed by atoms with van der Waals surface area (Å²) in [6.07, 6.45) is 13.9. The molecule has 2 saturated heterocycles. The van der Waals surface area contributed by atoms with E-state index < -0.39 is 95.7 Å². The molecule has 9 rings (SSSR count). The van der Waals surface area contributed by atoms with Crippen LogP contribution in [0.4, 0.5) is 16.6 Å². The van der Waals surface area contributed by atoms with E-state index in [0.29, 0.717) is 162 Å².